The predicted octanol–water partition coefficient (Wildman–Crippen LogP) is 2.52. The summed E-state index contributed by atoms with van der Waals surface area (Å²) in [6.45, 7) is 1.89. The molecule has 1 atom stereocenters. The summed E-state index contributed by atoms with van der Waals surface area (Å²) in [6.07, 6.45) is -1.03. The molecule has 0 aliphatic carbocycles. The lowest BCUT2D eigenvalue weighted by Crippen LogP contribution is -2.35. The molecule has 3 N–H and O–H groups in total. The van der Waals surface area contributed by atoms with E-state index in [9.17, 15) is 9.59 Å². The van der Waals surface area contributed by atoms with Crippen LogP contribution in [0.5, 0.6) is 17.2 Å². The smallest absolute Gasteiger partial charge is 0.342 e. The number of carbonyl (C=O) groups is 2. The van der Waals surface area contributed by atoms with Crippen LogP contribution in [0.15, 0.2) is 30.3 Å². The van der Waals surface area contributed by atoms with E-state index in [1.165, 1.54) is 26.2 Å². The maximum Gasteiger partial charge on any atom is 0.342 e. The normalized spacial score (nSPS) is 13.0. The summed E-state index contributed by atoms with van der Waals surface area (Å²) < 4.78 is 20.9. The van der Waals surface area contributed by atoms with E-state index in [0.717, 1.165) is 5.56 Å². The van der Waals surface area contributed by atoms with Gasteiger partial charge in [-0.3, -0.25) is 4.79 Å². The second kappa shape index (κ2) is 8.26. The third kappa shape index (κ3) is 4.23. The Balaban J connectivity index is 1.59. The van der Waals surface area contributed by atoms with E-state index in [0.29, 0.717) is 11.5 Å². The Hall–Kier alpha value is -3.13. The van der Waals surface area contributed by atoms with Crippen LogP contribution in [0.1, 0.15) is 22.8 Å². The minimum atomic E-state index is -1.03. The number of rotatable bonds is 6. The van der Waals surface area contributed by atoms with E-state index in [1.54, 1.807) is 12.1 Å². The molecular weight excluding hydrogens is 388 g/mol. The number of nitrogens with one attached hydrogen (secondary N) is 1. The Morgan fingerprint density at radius 2 is 2.00 bits per heavy atom. The number of benzene rings is 2. The number of carbonyl (C=O) groups excluding carboxylic acids is 2. The first kappa shape index (κ1) is 19.6. The van der Waals surface area contributed by atoms with Crippen molar-refractivity contribution in [3.05, 3.63) is 46.5 Å². The number of halogens is 1. The Kier molecular flexibility index (Phi) is 5.79. The van der Waals surface area contributed by atoms with Gasteiger partial charge in [0.1, 0.15) is 11.3 Å². The zero-order valence-corrected chi connectivity index (χ0v) is 16.0. The van der Waals surface area contributed by atoms with Crippen LogP contribution in [0.3, 0.4) is 0 Å². The zero-order chi connectivity index (χ0) is 20.3. The number of fused-ring (bicyclic) bond motifs is 1. The summed E-state index contributed by atoms with van der Waals surface area (Å²) in [5.74, 6) is 0.294. The molecular formula is C19H19ClN2O6. The van der Waals surface area contributed by atoms with Crippen molar-refractivity contribution in [2.75, 3.05) is 19.6 Å². The highest BCUT2D eigenvalue weighted by Gasteiger charge is 2.22. The van der Waals surface area contributed by atoms with Crippen molar-refractivity contribution in [3.8, 4) is 17.2 Å². The van der Waals surface area contributed by atoms with E-state index in [1.807, 2.05) is 6.07 Å². The van der Waals surface area contributed by atoms with E-state index >= 15 is 0 Å². The number of hydrogen-bond acceptors (Lipinski definition) is 7. The average Bonchev–Trinajstić information content (AvgIpc) is 3.15. The van der Waals surface area contributed by atoms with Gasteiger partial charge in [-0.25, -0.2) is 4.79 Å². The number of hydrogen-bond donors (Lipinski definition) is 2. The van der Waals surface area contributed by atoms with Gasteiger partial charge < -0.3 is 30.0 Å². The number of ether oxygens (including phenoxy) is 4. The highest BCUT2D eigenvalue weighted by Crippen LogP contribution is 2.32. The summed E-state index contributed by atoms with van der Waals surface area (Å²) in [6, 6.07) is 8.12. The molecule has 0 fully saturated rings. The first-order valence-corrected chi connectivity index (χ1v) is 8.77. The summed E-state index contributed by atoms with van der Waals surface area (Å²) in [7, 11) is 1.39. The quantitative estimate of drug-likeness (QED) is 0.560. The minimum Gasteiger partial charge on any atom is -0.496 e. The Labute approximate surface area is 166 Å². The Morgan fingerprint density at radius 3 is 2.75 bits per heavy atom. The number of amides is 1. The van der Waals surface area contributed by atoms with Gasteiger partial charge in [0, 0.05) is 12.6 Å². The van der Waals surface area contributed by atoms with Crippen molar-refractivity contribution in [2.24, 2.45) is 0 Å². The SMILES string of the molecule is COc1cc(N)c(Cl)cc1C(=O)O[C@@H](C)C(=O)NCc1ccc2c(c1)OCO2. The lowest BCUT2D eigenvalue weighted by atomic mass is 10.1. The molecule has 148 valence electrons. The monoisotopic (exact) mass is 406 g/mol. The van der Waals surface area contributed by atoms with Crippen LogP contribution in [0.2, 0.25) is 5.02 Å². The second-order valence-corrected chi connectivity index (χ2v) is 6.43. The molecule has 0 saturated carbocycles. The van der Waals surface area contributed by atoms with Crippen molar-refractivity contribution in [2.45, 2.75) is 19.6 Å². The number of nitrogens with two attached hydrogens (primary N) is 1. The fourth-order valence-electron chi connectivity index (χ4n) is 2.56. The van der Waals surface area contributed by atoms with E-state index < -0.39 is 18.0 Å². The standard InChI is InChI=1S/C19H19ClN2O6/c1-10(28-19(24)12-6-13(20)14(21)7-16(12)25-2)18(23)22-8-11-3-4-15-17(5-11)27-9-26-15/h3-7,10H,8-9,21H2,1-2H3,(H,22,23)/t10-/m0/s1. The Morgan fingerprint density at radius 1 is 1.25 bits per heavy atom. The number of nitrogen functional groups attached to an aromatic ring is 1. The van der Waals surface area contributed by atoms with Crippen LogP contribution in [0.25, 0.3) is 0 Å². The van der Waals surface area contributed by atoms with Crippen molar-refractivity contribution in [1.29, 1.82) is 0 Å². The fraction of sp³-hybridized carbons (Fsp3) is 0.263. The van der Waals surface area contributed by atoms with Gasteiger partial charge in [-0.1, -0.05) is 17.7 Å². The predicted molar refractivity (Wildman–Crippen MR) is 102 cm³/mol. The molecule has 9 heteroatoms. The molecule has 0 saturated heterocycles. The molecule has 1 aliphatic heterocycles. The van der Waals surface area contributed by atoms with Gasteiger partial charge >= 0.3 is 5.97 Å². The summed E-state index contributed by atoms with van der Waals surface area (Å²) >= 11 is 5.96. The van der Waals surface area contributed by atoms with Gasteiger partial charge in [0.05, 0.1) is 17.8 Å². The molecule has 2 aromatic rings. The van der Waals surface area contributed by atoms with Crippen LogP contribution in [-0.4, -0.2) is 31.9 Å². The van der Waals surface area contributed by atoms with Crippen LogP contribution in [0, 0.1) is 0 Å². The first-order chi connectivity index (χ1) is 13.4. The lowest BCUT2D eigenvalue weighted by Gasteiger charge is -2.15. The van der Waals surface area contributed by atoms with Crippen LogP contribution >= 0.6 is 11.6 Å². The van der Waals surface area contributed by atoms with Crippen molar-refractivity contribution < 1.29 is 28.5 Å². The number of anilines is 1. The van der Waals surface area contributed by atoms with Gasteiger partial charge in [0.2, 0.25) is 6.79 Å². The number of methoxy groups -OCH3 is 1. The van der Waals surface area contributed by atoms with Gasteiger partial charge in [0.25, 0.3) is 5.91 Å². The highest BCUT2D eigenvalue weighted by atomic mass is 35.5. The fourth-order valence-corrected chi connectivity index (χ4v) is 2.72. The zero-order valence-electron chi connectivity index (χ0n) is 15.3. The molecule has 1 amide bonds. The van der Waals surface area contributed by atoms with Gasteiger partial charge in [-0.15, -0.1) is 0 Å². The third-order valence-corrected chi connectivity index (χ3v) is 4.42. The van der Waals surface area contributed by atoms with E-state index in [-0.39, 0.29) is 35.4 Å². The molecule has 0 radical (unpaired) electrons. The molecule has 0 aromatic heterocycles. The van der Waals surface area contributed by atoms with Crippen molar-refractivity contribution in [1.82, 2.24) is 5.32 Å². The molecule has 0 bridgehead atoms. The molecule has 0 unspecified atom stereocenters. The van der Waals surface area contributed by atoms with Gasteiger partial charge in [0.15, 0.2) is 17.6 Å². The molecule has 0 spiro atoms. The van der Waals surface area contributed by atoms with E-state index in [2.05, 4.69) is 5.32 Å². The van der Waals surface area contributed by atoms with E-state index in [4.69, 9.17) is 36.3 Å². The lowest BCUT2D eigenvalue weighted by molar-refractivity contribution is -0.129. The van der Waals surface area contributed by atoms with Crippen LogP contribution in [-0.2, 0) is 16.1 Å². The van der Waals surface area contributed by atoms with Crippen LogP contribution in [0.4, 0.5) is 5.69 Å². The van der Waals surface area contributed by atoms with Crippen LogP contribution < -0.4 is 25.3 Å². The summed E-state index contributed by atoms with van der Waals surface area (Å²) in [4.78, 5) is 24.7. The van der Waals surface area contributed by atoms with Crippen molar-refractivity contribution >= 4 is 29.2 Å². The minimum absolute atomic E-state index is 0.0807. The summed E-state index contributed by atoms with van der Waals surface area (Å²) in [5.41, 5.74) is 6.87. The highest BCUT2D eigenvalue weighted by molar-refractivity contribution is 6.33. The molecule has 2 aromatic carbocycles. The maximum absolute atomic E-state index is 12.4. The number of esters is 1. The molecule has 28 heavy (non-hydrogen) atoms. The third-order valence-electron chi connectivity index (χ3n) is 4.10. The topological polar surface area (TPSA) is 109 Å². The van der Waals surface area contributed by atoms with Crippen molar-refractivity contribution in [3.63, 3.8) is 0 Å². The van der Waals surface area contributed by atoms with Gasteiger partial charge in [-0.2, -0.15) is 0 Å². The molecule has 1 aliphatic rings. The molecule has 8 nitrogen and oxygen atoms in total. The molecule has 1 heterocycles. The Bertz CT molecular complexity index is 918. The van der Waals surface area contributed by atoms with Gasteiger partial charge in [-0.05, 0) is 30.7 Å². The second-order valence-electron chi connectivity index (χ2n) is 6.03. The summed E-state index contributed by atoms with van der Waals surface area (Å²) in [5, 5.41) is 2.89. The first-order valence-electron chi connectivity index (χ1n) is 8.39. The molecule has 3 rings (SSSR count). The average molecular weight is 407 g/mol. The largest absolute Gasteiger partial charge is 0.496 e. The maximum atomic E-state index is 12.4.